The summed E-state index contributed by atoms with van der Waals surface area (Å²) in [5.41, 5.74) is 8.09. The van der Waals surface area contributed by atoms with E-state index >= 15 is 0 Å². The molecule has 1 aromatic carbocycles. The van der Waals surface area contributed by atoms with E-state index in [2.05, 4.69) is 0 Å². The van der Waals surface area contributed by atoms with Crippen LogP contribution < -0.4 is 15.2 Å². The number of rotatable bonds is 2. The van der Waals surface area contributed by atoms with Crippen LogP contribution in [0, 0.1) is 0 Å². The van der Waals surface area contributed by atoms with Crippen molar-refractivity contribution in [3.05, 3.63) is 45.1 Å². The van der Waals surface area contributed by atoms with Gasteiger partial charge in [-0.3, -0.25) is 0 Å². The lowest BCUT2D eigenvalue weighted by atomic mass is 10.0. The second-order valence-corrected chi connectivity index (χ2v) is 4.95. The Morgan fingerprint density at radius 2 is 2.00 bits per heavy atom. The van der Waals surface area contributed by atoms with Crippen molar-refractivity contribution in [2.75, 3.05) is 6.79 Å². The van der Waals surface area contributed by atoms with Crippen molar-refractivity contribution in [2.24, 2.45) is 5.73 Å². The fourth-order valence-electron chi connectivity index (χ4n) is 1.80. The van der Waals surface area contributed by atoms with Crippen LogP contribution in [0.2, 0.25) is 5.02 Å². The van der Waals surface area contributed by atoms with E-state index < -0.39 is 0 Å². The van der Waals surface area contributed by atoms with Gasteiger partial charge >= 0.3 is 0 Å². The van der Waals surface area contributed by atoms with Gasteiger partial charge in [0.2, 0.25) is 6.79 Å². The van der Waals surface area contributed by atoms with E-state index in [4.69, 9.17) is 26.8 Å². The highest BCUT2D eigenvalue weighted by Gasteiger charge is 2.20. The van der Waals surface area contributed by atoms with Crippen LogP contribution in [0.1, 0.15) is 17.2 Å². The number of fused-ring (bicyclic) bond motifs is 1. The number of nitrogens with two attached hydrogens (primary N) is 1. The van der Waals surface area contributed by atoms with Gasteiger partial charge in [0.15, 0.2) is 11.5 Å². The molecule has 18 heavy (non-hydrogen) atoms. The summed E-state index contributed by atoms with van der Waals surface area (Å²) in [7, 11) is 0. The lowest BCUT2D eigenvalue weighted by molar-refractivity contribution is 0.174. The van der Waals surface area contributed by atoms with Crippen LogP contribution in [-0.4, -0.2) is 6.79 Å². The van der Waals surface area contributed by atoms with E-state index in [9.17, 15) is 0 Å². The smallest absolute Gasteiger partial charge is 0.231 e. The van der Waals surface area contributed by atoms with E-state index in [-0.39, 0.29) is 25.2 Å². The van der Waals surface area contributed by atoms with Crippen LogP contribution in [0.25, 0.3) is 0 Å². The standard InChI is InChI=1S/C12H10ClNO2S.ClH/c13-9-4-11-10(15-6-16-11)3-8(9)12(14)7-1-2-17-5-7;/h1-5,12H,6,14H2;1H/t12-;/m1./s1. The zero-order valence-corrected chi connectivity index (χ0v) is 11.6. The molecule has 0 fully saturated rings. The summed E-state index contributed by atoms with van der Waals surface area (Å²) in [6, 6.07) is 5.37. The van der Waals surface area contributed by atoms with Gasteiger partial charge in [0.25, 0.3) is 0 Å². The summed E-state index contributed by atoms with van der Waals surface area (Å²) >= 11 is 7.82. The molecule has 0 amide bonds. The lowest BCUT2D eigenvalue weighted by Gasteiger charge is -2.13. The topological polar surface area (TPSA) is 44.5 Å². The predicted octanol–water partition coefficient (Wildman–Crippen LogP) is 3.60. The molecule has 6 heteroatoms. The quantitative estimate of drug-likeness (QED) is 0.922. The first-order chi connectivity index (χ1) is 8.25. The molecule has 1 aliphatic rings. The van der Waals surface area contributed by atoms with Crippen molar-refractivity contribution < 1.29 is 9.47 Å². The first-order valence-electron chi connectivity index (χ1n) is 5.12. The van der Waals surface area contributed by atoms with Gasteiger partial charge < -0.3 is 15.2 Å². The van der Waals surface area contributed by atoms with Gasteiger partial charge in [0.05, 0.1) is 6.04 Å². The molecule has 96 valence electrons. The minimum atomic E-state index is -0.233. The Morgan fingerprint density at radius 3 is 2.67 bits per heavy atom. The predicted molar refractivity (Wildman–Crippen MR) is 75.2 cm³/mol. The Bertz CT molecular complexity index is 545. The molecule has 2 aromatic rings. The Hall–Kier alpha value is -0.940. The SMILES string of the molecule is Cl.N[C@H](c1ccsc1)c1cc2c(cc1Cl)OCO2. The zero-order chi connectivity index (χ0) is 11.8. The first-order valence-corrected chi connectivity index (χ1v) is 6.44. The maximum Gasteiger partial charge on any atom is 0.231 e. The van der Waals surface area contributed by atoms with Crippen molar-refractivity contribution >= 4 is 35.3 Å². The minimum Gasteiger partial charge on any atom is -0.454 e. The Balaban J connectivity index is 0.00000120. The number of halogens is 2. The number of hydrogen-bond acceptors (Lipinski definition) is 4. The van der Waals surface area contributed by atoms with Crippen molar-refractivity contribution in [3.63, 3.8) is 0 Å². The number of thiophene rings is 1. The Morgan fingerprint density at radius 1 is 1.28 bits per heavy atom. The van der Waals surface area contributed by atoms with Crippen molar-refractivity contribution in [2.45, 2.75) is 6.04 Å². The second-order valence-electron chi connectivity index (χ2n) is 3.76. The van der Waals surface area contributed by atoms with Crippen molar-refractivity contribution in [1.82, 2.24) is 0 Å². The van der Waals surface area contributed by atoms with Gasteiger partial charge in [-0.05, 0) is 34.0 Å². The van der Waals surface area contributed by atoms with Gasteiger partial charge in [-0.15, -0.1) is 12.4 Å². The number of hydrogen-bond donors (Lipinski definition) is 1. The molecule has 1 atom stereocenters. The normalized spacial score (nSPS) is 14.1. The van der Waals surface area contributed by atoms with E-state index in [0.29, 0.717) is 16.5 Å². The Kier molecular flexibility index (Phi) is 4.02. The highest BCUT2D eigenvalue weighted by atomic mass is 35.5. The highest BCUT2D eigenvalue weighted by molar-refractivity contribution is 7.08. The maximum absolute atomic E-state index is 6.21. The zero-order valence-electron chi connectivity index (χ0n) is 9.26. The largest absolute Gasteiger partial charge is 0.454 e. The van der Waals surface area contributed by atoms with Gasteiger partial charge in [0.1, 0.15) is 0 Å². The molecule has 1 aromatic heterocycles. The van der Waals surface area contributed by atoms with E-state index in [1.807, 2.05) is 22.9 Å². The molecule has 3 rings (SSSR count). The van der Waals surface area contributed by atoms with Crippen LogP contribution in [0.5, 0.6) is 11.5 Å². The molecule has 0 radical (unpaired) electrons. The molecule has 0 unspecified atom stereocenters. The monoisotopic (exact) mass is 303 g/mol. The molecule has 0 saturated carbocycles. The second kappa shape index (κ2) is 5.36. The van der Waals surface area contributed by atoms with Crippen LogP contribution >= 0.6 is 35.3 Å². The van der Waals surface area contributed by atoms with E-state index in [0.717, 1.165) is 11.1 Å². The van der Waals surface area contributed by atoms with E-state index in [1.54, 1.807) is 17.4 Å². The summed E-state index contributed by atoms with van der Waals surface area (Å²) in [6.07, 6.45) is 0. The molecule has 3 nitrogen and oxygen atoms in total. The average Bonchev–Trinajstić information content (AvgIpc) is 2.97. The van der Waals surface area contributed by atoms with Gasteiger partial charge in [-0.2, -0.15) is 11.3 Å². The summed E-state index contributed by atoms with van der Waals surface area (Å²) in [4.78, 5) is 0. The summed E-state index contributed by atoms with van der Waals surface area (Å²) < 4.78 is 10.6. The molecular weight excluding hydrogens is 293 g/mol. The molecule has 2 heterocycles. The van der Waals surface area contributed by atoms with Gasteiger partial charge in [-0.25, -0.2) is 0 Å². The highest BCUT2D eigenvalue weighted by Crippen LogP contribution is 2.39. The molecule has 0 bridgehead atoms. The lowest BCUT2D eigenvalue weighted by Crippen LogP contribution is -2.11. The summed E-state index contributed by atoms with van der Waals surface area (Å²) in [5, 5.41) is 4.62. The third kappa shape index (κ3) is 2.29. The third-order valence-electron chi connectivity index (χ3n) is 2.73. The molecule has 1 aliphatic heterocycles. The fraction of sp³-hybridized carbons (Fsp3) is 0.167. The molecular formula is C12H11Cl2NO2S. The molecule has 0 saturated heterocycles. The molecule has 0 aliphatic carbocycles. The van der Waals surface area contributed by atoms with Crippen LogP contribution in [-0.2, 0) is 0 Å². The van der Waals surface area contributed by atoms with Crippen molar-refractivity contribution in [3.8, 4) is 11.5 Å². The molecule has 0 spiro atoms. The third-order valence-corrected chi connectivity index (χ3v) is 3.76. The van der Waals surface area contributed by atoms with Crippen LogP contribution in [0.4, 0.5) is 0 Å². The summed E-state index contributed by atoms with van der Waals surface area (Å²) in [5.74, 6) is 1.38. The Labute approximate surface area is 120 Å². The first kappa shape index (κ1) is 13.5. The van der Waals surface area contributed by atoms with Gasteiger partial charge in [-0.1, -0.05) is 11.6 Å². The fourth-order valence-corrected chi connectivity index (χ4v) is 2.77. The summed E-state index contributed by atoms with van der Waals surface area (Å²) in [6.45, 7) is 0.239. The average molecular weight is 304 g/mol. The van der Waals surface area contributed by atoms with E-state index in [1.165, 1.54) is 0 Å². The maximum atomic E-state index is 6.21. The number of ether oxygens (including phenoxy) is 2. The number of benzene rings is 1. The van der Waals surface area contributed by atoms with Crippen molar-refractivity contribution in [1.29, 1.82) is 0 Å². The van der Waals surface area contributed by atoms with Gasteiger partial charge in [0, 0.05) is 11.1 Å². The molecule has 2 N–H and O–H groups in total. The van der Waals surface area contributed by atoms with Crippen LogP contribution in [0.15, 0.2) is 29.0 Å². The minimum absolute atomic E-state index is 0. The van der Waals surface area contributed by atoms with Crippen LogP contribution in [0.3, 0.4) is 0 Å².